The van der Waals surface area contributed by atoms with Gasteiger partial charge in [-0.15, -0.1) is 0 Å². The van der Waals surface area contributed by atoms with Crippen LogP contribution in [0.1, 0.15) is 54.4 Å². The van der Waals surface area contributed by atoms with E-state index in [9.17, 15) is 4.79 Å². The molecule has 0 atom stereocenters. The van der Waals surface area contributed by atoms with E-state index in [4.69, 9.17) is 0 Å². The minimum Gasteiger partial charge on any atom is -0.299 e. The molecule has 12 heavy (non-hydrogen) atoms. The fourth-order valence-electron chi connectivity index (χ4n) is 2.34. The molecular formula is C11H22O. The SMILES string of the molecule is CCC(CC)(C(C)=O)C(C)(C)C. The van der Waals surface area contributed by atoms with E-state index in [0.29, 0.717) is 5.78 Å². The molecule has 0 amide bonds. The second-order valence-electron chi connectivity index (χ2n) is 4.60. The Kier molecular flexibility index (Phi) is 3.49. The van der Waals surface area contributed by atoms with Crippen molar-refractivity contribution in [2.75, 3.05) is 0 Å². The second-order valence-corrected chi connectivity index (χ2v) is 4.60. The quantitative estimate of drug-likeness (QED) is 0.634. The third-order valence-electron chi connectivity index (χ3n) is 3.32. The summed E-state index contributed by atoms with van der Waals surface area (Å²) in [4.78, 5) is 11.6. The van der Waals surface area contributed by atoms with Crippen LogP contribution in [0.25, 0.3) is 0 Å². The zero-order chi connectivity index (χ0) is 9.99. The molecular weight excluding hydrogens is 148 g/mol. The van der Waals surface area contributed by atoms with E-state index in [0.717, 1.165) is 12.8 Å². The Labute approximate surface area is 76.6 Å². The number of carbonyl (C=O) groups is 1. The predicted octanol–water partition coefficient (Wildman–Crippen LogP) is 3.43. The van der Waals surface area contributed by atoms with Gasteiger partial charge in [-0.25, -0.2) is 0 Å². The van der Waals surface area contributed by atoms with Crippen molar-refractivity contribution in [1.29, 1.82) is 0 Å². The lowest BCUT2D eigenvalue weighted by atomic mass is 9.61. The van der Waals surface area contributed by atoms with Crippen LogP contribution in [0.3, 0.4) is 0 Å². The Balaban J connectivity index is 4.97. The fourth-order valence-corrected chi connectivity index (χ4v) is 2.34. The summed E-state index contributed by atoms with van der Waals surface area (Å²) < 4.78 is 0. The predicted molar refractivity (Wildman–Crippen MR) is 53.2 cm³/mol. The van der Waals surface area contributed by atoms with Crippen molar-refractivity contribution in [3.8, 4) is 0 Å². The van der Waals surface area contributed by atoms with Gasteiger partial charge in [0.2, 0.25) is 0 Å². The van der Waals surface area contributed by atoms with Crippen molar-refractivity contribution in [3.63, 3.8) is 0 Å². The van der Waals surface area contributed by atoms with Crippen molar-refractivity contribution in [2.45, 2.75) is 54.4 Å². The summed E-state index contributed by atoms with van der Waals surface area (Å²) in [7, 11) is 0. The molecule has 1 heteroatoms. The normalized spacial score (nSPS) is 13.2. The molecule has 0 spiro atoms. The third kappa shape index (κ3) is 1.70. The lowest BCUT2D eigenvalue weighted by Crippen LogP contribution is -2.40. The summed E-state index contributed by atoms with van der Waals surface area (Å²) >= 11 is 0. The number of hydrogen-bond acceptors (Lipinski definition) is 1. The Bertz CT molecular complexity index is 158. The van der Waals surface area contributed by atoms with Crippen molar-refractivity contribution in [2.24, 2.45) is 10.8 Å². The molecule has 0 aliphatic carbocycles. The molecule has 0 aromatic rings. The van der Waals surface area contributed by atoms with Gasteiger partial charge in [0.15, 0.2) is 0 Å². The number of carbonyl (C=O) groups excluding carboxylic acids is 1. The maximum Gasteiger partial charge on any atom is 0.136 e. The molecule has 0 aliphatic heterocycles. The summed E-state index contributed by atoms with van der Waals surface area (Å²) in [5.74, 6) is 0.333. The molecule has 72 valence electrons. The van der Waals surface area contributed by atoms with Gasteiger partial charge in [-0.3, -0.25) is 4.79 Å². The van der Waals surface area contributed by atoms with Gasteiger partial charge in [0.1, 0.15) is 5.78 Å². The van der Waals surface area contributed by atoms with Gasteiger partial charge in [-0.05, 0) is 25.2 Å². The van der Waals surface area contributed by atoms with Gasteiger partial charge in [-0.1, -0.05) is 34.6 Å². The Morgan fingerprint density at radius 2 is 1.42 bits per heavy atom. The van der Waals surface area contributed by atoms with E-state index in [1.165, 1.54) is 0 Å². The Morgan fingerprint density at radius 1 is 1.08 bits per heavy atom. The van der Waals surface area contributed by atoms with Crippen LogP contribution in [0.4, 0.5) is 0 Å². The van der Waals surface area contributed by atoms with E-state index < -0.39 is 0 Å². The van der Waals surface area contributed by atoms with E-state index >= 15 is 0 Å². The van der Waals surface area contributed by atoms with E-state index in [1.54, 1.807) is 6.92 Å². The summed E-state index contributed by atoms with van der Waals surface area (Å²) in [6.07, 6.45) is 1.89. The highest BCUT2D eigenvalue weighted by molar-refractivity contribution is 5.83. The molecule has 0 fully saturated rings. The van der Waals surface area contributed by atoms with Crippen LogP contribution >= 0.6 is 0 Å². The average molecular weight is 170 g/mol. The van der Waals surface area contributed by atoms with Crippen LogP contribution in [-0.4, -0.2) is 5.78 Å². The summed E-state index contributed by atoms with van der Waals surface area (Å²) in [5.41, 5.74) is -0.0324. The van der Waals surface area contributed by atoms with Crippen LogP contribution in [0.2, 0.25) is 0 Å². The average Bonchev–Trinajstić information content (AvgIpc) is 1.87. The van der Waals surface area contributed by atoms with Gasteiger partial charge in [0, 0.05) is 5.41 Å². The van der Waals surface area contributed by atoms with Gasteiger partial charge in [0.05, 0.1) is 0 Å². The smallest absolute Gasteiger partial charge is 0.136 e. The Hall–Kier alpha value is -0.330. The first-order valence-corrected chi connectivity index (χ1v) is 4.83. The molecule has 0 aromatic carbocycles. The van der Waals surface area contributed by atoms with Gasteiger partial charge >= 0.3 is 0 Å². The van der Waals surface area contributed by atoms with Crippen molar-refractivity contribution >= 4 is 5.78 Å². The highest BCUT2D eigenvalue weighted by atomic mass is 16.1. The zero-order valence-electron chi connectivity index (χ0n) is 9.32. The summed E-state index contributed by atoms with van der Waals surface area (Å²) in [6, 6.07) is 0. The van der Waals surface area contributed by atoms with Crippen molar-refractivity contribution < 1.29 is 4.79 Å². The van der Waals surface area contributed by atoms with Crippen LogP contribution in [0.15, 0.2) is 0 Å². The van der Waals surface area contributed by atoms with Gasteiger partial charge < -0.3 is 0 Å². The second kappa shape index (κ2) is 3.59. The molecule has 0 rings (SSSR count). The number of rotatable bonds is 3. The van der Waals surface area contributed by atoms with E-state index in [2.05, 4.69) is 34.6 Å². The molecule has 0 radical (unpaired) electrons. The van der Waals surface area contributed by atoms with Crippen molar-refractivity contribution in [1.82, 2.24) is 0 Å². The molecule has 0 saturated carbocycles. The number of hydrogen-bond donors (Lipinski definition) is 0. The monoisotopic (exact) mass is 170 g/mol. The standard InChI is InChI=1S/C11H22O/c1-7-11(8-2,9(3)12)10(4,5)6/h7-8H2,1-6H3. The number of Topliss-reactive ketones (excluding diaryl/α,β-unsaturated/α-hetero) is 1. The zero-order valence-corrected chi connectivity index (χ0v) is 9.32. The molecule has 0 N–H and O–H groups in total. The van der Waals surface area contributed by atoms with Crippen LogP contribution in [0, 0.1) is 10.8 Å². The molecule has 0 aromatic heterocycles. The highest BCUT2D eigenvalue weighted by Gasteiger charge is 2.42. The fraction of sp³-hybridized carbons (Fsp3) is 0.909. The lowest BCUT2D eigenvalue weighted by molar-refractivity contribution is -0.133. The van der Waals surface area contributed by atoms with Crippen LogP contribution < -0.4 is 0 Å². The third-order valence-corrected chi connectivity index (χ3v) is 3.32. The maximum atomic E-state index is 11.6. The minimum absolute atomic E-state index is 0.0856. The highest BCUT2D eigenvalue weighted by Crippen LogP contribution is 2.44. The van der Waals surface area contributed by atoms with E-state index in [-0.39, 0.29) is 10.8 Å². The molecule has 0 heterocycles. The summed E-state index contributed by atoms with van der Waals surface area (Å²) in [5, 5.41) is 0. The van der Waals surface area contributed by atoms with Crippen LogP contribution in [0.5, 0.6) is 0 Å². The van der Waals surface area contributed by atoms with Crippen LogP contribution in [-0.2, 0) is 4.79 Å². The topological polar surface area (TPSA) is 17.1 Å². The van der Waals surface area contributed by atoms with Crippen molar-refractivity contribution in [3.05, 3.63) is 0 Å². The van der Waals surface area contributed by atoms with E-state index in [1.807, 2.05) is 0 Å². The molecule has 0 bridgehead atoms. The molecule has 0 unspecified atom stereocenters. The molecule has 0 aliphatic rings. The maximum absolute atomic E-state index is 11.6. The minimum atomic E-state index is -0.118. The molecule has 0 saturated heterocycles. The molecule has 1 nitrogen and oxygen atoms in total. The largest absolute Gasteiger partial charge is 0.299 e. The van der Waals surface area contributed by atoms with Gasteiger partial charge in [0.25, 0.3) is 0 Å². The lowest BCUT2D eigenvalue weighted by Gasteiger charge is -2.41. The first-order valence-electron chi connectivity index (χ1n) is 4.83. The number of ketones is 1. The first-order chi connectivity index (χ1) is 5.31. The van der Waals surface area contributed by atoms with Gasteiger partial charge in [-0.2, -0.15) is 0 Å². The summed E-state index contributed by atoms with van der Waals surface area (Å²) in [6.45, 7) is 12.4. The first kappa shape index (κ1) is 11.7. The Morgan fingerprint density at radius 3 is 1.42 bits per heavy atom.